The molecular weight excluding hydrogens is 846 g/mol. The molecule has 2 bridgehead atoms. The molecule has 3 fully saturated rings. The van der Waals surface area contributed by atoms with Gasteiger partial charge in [0.25, 0.3) is 5.91 Å². The number of nitrogens with one attached hydrogen (secondary N) is 1. The highest BCUT2D eigenvalue weighted by atomic mass is 35.5. The Morgan fingerprint density at radius 3 is 2.61 bits per heavy atom. The standard InChI is InChI=1S/C51H66ClN5O6S/c1-36-10-8-23-51(62-3,34-54-24-25-55-26-27-56(32-43(55)31-54)48(58)15-7-13-38-11-5-4-6-12-38)45-19-16-41(45)30-57-33-50(22-9-14-39-28-42(52)18-20-44(39)50)35-63-47-21-17-40(29-46(47)57)49(59)53-64(60,61)37(36)2/h4-6,8,11-12,17-18,20-21,23,28-29,36-37,41,43,45H,7,9-10,13-16,19,22,24-27,30-35H2,1-3H3,(H,53,59)/b23-8+/t36-,37+,41-,43-,45+,50-,51+/m0/s1. The lowest BCUT2D eigenvalue weighted by Gasteiger charge is -2.53. The summed E-state index contributed by atoms with van der Waals surface area (Å²) in [5.41, 5.74) is 3.98. The lowest BCUT2D eigenvalue weighted by molar-refractivity contribution is -0.136. The Kier molecular flexibility index (Phi) is 13.2. The van der Waals surface area contributed by atoms with Gasteiger partial charge in [-0.15, -0.1) is 0 Å². The predicted octanol–water partition coefficient (Wildman–Crippen LogP) is 7.12. The van der Waals surface area contributed by atoms with E-state index in [1.807, 2.05) is 38.3 Å². The molecule has 1 saturated carbocycles. The maximum Gasteiger partial charge on any atom is 0.264 e. The Hall–Kier alpha value is -3.94. The van der Waals surface area contributed by atoms with E-state index < -0.39 is 26.8 Å². The molecule has 3 aromatic carbocycles. The summed E-state index contributed by atoms with van der Waals surface area (Å²) in [5.74, 6) is 0.529. The first-order valence-corrected chi connectivity index (χ1v) is 25.7. The minimum atomic E-state index is -4.00. The van der Waals surface area contributed by atoms with Gasteiger partial charge < -0.3 is 19.3 Å². The van der Waals surface area contributed by atoms with Gasteiger partial charge in [-0.2, -0.15) is 0 Å². The number of aryl methyl sites for hydroxylation is 2. The maximum absolute atomic E-state index is 13.8. The molecule has 1 spiro atoms. The SMILES string of the molecule is CO[C@@]1(CN2CCN3CCN(C(=O)CCCc4ccccc4)C[C@@H]3C2)/C=C/C[C@H](C)[C@@H](C)S(=O)(=O)NC(=O)c2ccc3c(c2)N(C[C@@H]2CC[C@H]21)C[C@@]1(CCCc2cc(Cl)ccc21)CO3. The zero-order chi connectivity index (χ0) is 44.6. The third-order valence-corrected chi connectivity index (χ3v) is 18.1. The Morgan fingerprint density at radius 2 is 1.81 bits per heavy atom. The molecule has 344 valence electrons. The second-order valence-electron chi connectivity index (χ2n) is 19.8. The van der Waals surface area contributed by atoms with E-state index in [2.05, 4.69) is 72.9 Å². The van der Waals surface area contributed by atoms with Crippen LogP contribution in [0.3, 0.4) is 0 Å². The fraction of sp³-hybridized carbons (Fsp3) is 0.569. The van der Waals surface area contributed by atoms with E-state index in [1.165, 1.54) is 16.7 Å². The predicted molar refractivity (Wildman–Crippen MR) is 253 cm³/mol. The smallest absolute Gasteiger partial charge is 0.264 e. The number of carbonyl (C=O) groups is 2. The molecule has 6 aliphatic rings. The molecule has 4 heterocycles. The Balaban J connectivity index is 0.999. The van der Waals surface area contributed by atoms with Crippen LogP contribution in [0.4, 0.5) is 5.69 Å². The molecule has 13 heteroatoms. The van der Waals surface area contributed by atoms with E-state index in [0.29, 0.717) is 43.9 Å². The first-order valence-electron chi connectivity index (χ1n) is 23.7. The molecule has 3 aromatic rings. The average Bonchev–Trinajstić information content (AvgIpc) is 3.43. The zero-order valence-electron chi connectivity index (χ0n) is 37.9. The van der Waals surface area contributed by atoms with Gasteiger partial charge >= 0.3 is 0 Å². The monoisotopic (exact) mass is 911 g/mol. The first-order chi connectivity index (χ1) is 30.8. The van der Waals surface area contributed by atoms with Crippen LogP contribution in [0.5, 0.6) is 5.75 Å². The number of anilines is 1. The van der Waals surface area contributed by atoms with Crippen LogP contribution in [0.1, 0.15) is 85.8 Å². The molecule has 2 amide bonds. The molecule has 2 saturated heterocycles. The van der Waals surface area contributed by atoms with Gasteiger partial charge in [0.1, 0.15) is 11.4 Å². The molecule has 0 unspecified atom stereocenters. The van der Waals surface area contributed by atoms with E-state index in [4.69, 9.17) is 21.1 Å². The molecule has 7 atom stereocenters. The fourth-order valence-corrected chi connectivity index (χ4v) is 13.3. The van der Waals surface area contributed by atoms with Gasteiger partial charge in [0.15, 0.2) is 0 Å². The van der Waals surface area contributed by atoms with Crippen LogP contribution in [0.15, 0.2) is 78.9 Å². The number of fused-ring (bicyclic) bond motifs is 5. The minimum absolute atomic E-state index is 0.192. The lowest BCUT2D eigenvalue weighted by Crippen LogP contribution is -2.65. The highest BCUT2D eigenvalue weighted by Gasteiger charge is 2.50. The van der Waals surface area contributed by atoms with Crippen LogP contribution in [0, 0.1) is 17.8 Å². The summed E-state index contributed by atoms with van der Waals surface area (Å²) in [7, 11) is -2.16. The number of benzene rings is 3. The van der Waals surface area contributed by atoms with Gasteiger partial charge in [-0.3, -0.25) is 19.4 Å². The third kappa shape index (κ3) is 9.24. The number of rotatable bonds is 7. The minimum Gasteiger partial charge on any atom is -0.490 e. The summed E-state index contributed by atoms with van der Waals surface area (Å²) < 4.78 is 43.6. The number of nitrogens with zero attached hydrogens (tertiary/aromatic N) is 4. The van der Waals surface area contributed by atoms with Gasteiger partial charge in [-0.25, -0.2) is 13.1 Å². The van der Waals surface area contributed by atoms with E-state index in [-0.39, 0.29) is 35.1 Å². The highest BCUT2D eigenvalue weighted by Crippen LogP contribution is 2.49. The topological polar surface area (TPSA) is 112 Å². The summed E-state index contributed by atoms with van der Waals surface area (Å²) in [6, 6.07) is 22.3. The number of hydrogen-bond acceptors (Lipinski definition) is 9. The van der Waals surface area contributed by atoms with E-state index in [0.717, 1.165) is 101 Å². The number of sulfonamides is 1. The number of amides is 2. The van der Waals surface area contributed by atoms with Crippen molar-refractivity contribution in [3.63, 3.8) is 0 Å². The second kappa shape index (κ2) is 18.7. The average molecular weight is 913 g/mol. The van der Waals surface area contributed by atoms with E-state index in [1.54, 1.807) is 13.0 Å². The number of halogens is 1. The Labute approximate surface area is 385 Å². The number of methoxy groups -OCH3 is 1. The van der Waals surface area contributed by atoms with Crippen molar-refractivity contribution in [2.24, 2.45) is 17.8 Å². The van der Waals surface area contributed by atoms with Gasteiger partial charge in [-0.1, -0.05) is 67.1 Å². The van der Waals surface area contributed by atoms with Crippen molar-refractivity contribution in [3.8, 4) is 5.75 Å². The Bertz CT molecular complexity index is 2330. The van der Waals surface area contributed by atoms with Crippen LogP contribution in [0.25, 0.3) is 0 Å². The summed E-state index contributed by atoms with van der Waals surface area (Å²) >= 11 is 6.55. The van der Waals surface area contributed by atoms with Gasteiger partial charge in [0.2, 0.25) is 15.9 Å². The first kappa shape index (κ1) is 45.2. The van der Waals surface area contributed by atoms with Crippen molar-refractivity contribution in [2.75, 3.05) is 77.5 Å². The summed E-state index contributed by atoms with van der Waals surface area (Å²) in [4.78, 5) is 37.0. The van der Waals surface area contributed by atoms with Crippen LogP contribution < -0.4 is 14.4 Å². The van der Waals surface area contributed by atoms with Crippen LogP contribution in [-0.2, 0) is 37.8 Å². The van der Waals surface area contributed by atoms with Crippen LogP contribution in [-0.4, -0.2) is 124 Å². The highest BCUT2D eigenvalue weighted by molar-refractivity contribution is 7.90. The number of carbonyl (C=O) groups excluding carboxylic acids is 2. The number of hydrogen-bond donors (Lipinski definition) is 1. The molecule has 4 aliphatic heterocycles. The molecular formula is C51H66ClN5O6S. The molecule has 2 aliphatic carbocycles. The molecule has 0 aromatic heterocycles. The van der Waals surface area contributed by atoms with Crippen molar-refractivity contribution in [3.05, 3.63) is 106 Å². The summed E-state index contributed by atoms with van der Waals surface area (Å²) in [6.07, 6.45) is 12.2. The van der Waals surface area contributed by atoms with Crippen molar-refractivity contribution in [2.45, 2.75) is 93.9 Å². The maximum atomic E-state index is 13.8. The molecule has 9 rings (SSSR count). The summed E-state index contributed by atoms with van der Waals surface area (Å²) in [5, 5.41) is -0.0781. The fourth-order valence-electron chi connectivity index (χ4n) is 11.8. The Morgan fingerprint density at radius 1 is 0.984 bits per heavy atom. The quantitative estimate of drug-likeness (QED) is 0.248. The van der Waals surface area contributed by atoms with Gasteiger partial charge in [0.05, 0.1) is 17.5 Å². The number of allylic oxidation sites excluding steroid dienone is 1. The van der Waals surface area contributed by atoms with Crippen molar-refractivity contribution in [1.82, 2.24) is 19.4 Å². The van der Waals surface area contributed by atoms with Gasteiger partial charge in [0, 0.05) is 94.5 Å². The van der Waals surface area contributed by atoms with Crippen LogP contribution >= 0.6 is 11.6 Å². The summed E-state index contributed by atoms with van der Waals surface area (Å²) in [6.45, 7) is 11.3. The normalized spacial score (nSPS) is 31.3. The number of piperazine rings is 2. The lowest BCUT2D eigenvalue weighted by atomic mass is 9.63. The van der Waals surface area contributed by atoms with Gasteiger partial charge in [-0.05, 0) is 123 Å². The van der Waals surface area contributed by atoms with E-state index >= 15 is 0 Å². The molecule has 1 N–H and O–H groups in total. The number of ether oxygens (including phenoxy) is 2. The largest absolute Gasteiger partial charge is 0.490 e. The van der Waals surface area contributed by atoms with Crippen LogP contribution in [0.2, 0.25) is 5.02 Å². The van der Waals surface area contributed by atoms with Crippen molar-refractivity contribution < 1.29 is 27.5 Å². The zero-order valence-corrected chi connectivity index (χ0v) is 39.4. The molecule has 11 nitrogen and oxygen atoms in total. The van der Waals surface area contributed by atoms with Crippen molar-refractivity contribution in [1.29, 1.82) is 0 Å². The molecule has 0 radical (unpaired) electrons. The molecule has 64 heavy (non-hydrogen) atoms. The van der Waals surface area contributed by atoms with E-state index in [9.17, 15) is 18.0 Å². The second-order valence-corrected chi connectivity index (χ2v) is 22.3. The van der Waals surface area contributed by atoms with Crippen molar-refractivity contribution >= 4 is 39.1 Å². The third-order valence-electron chi connectivity index (χ3n) is 15.9.